The molecule has 142 valence electrons. The number of carboxylic acids is 2. The quantitative estimate of drug-likeness (QED) is 0.236. The lowest BCUT2D eigenvalue weighted by atomic mass is 9.98. The van der Waals surface area contributed by atoms with Crippen molar-refractivity contribution in [1.29, 1.82) is 0 Å². The Morgan fingerprint density at radius 2 is 1.64 bits per heavy atom. The number of hydrogen-bond donors (Lipinski definition) is 6. The smallest absolute Gasteiger partial charge is 0.326 e. The van der Waals surface area contributed by atoms with E-state index < -0.39 is 54.7 Å². The summed E-state index contributed by atoms with van der Waals surface area (Å²) in [5.74, 6) is -5.14. The van der Waals surface area contributed by atoms with Gasteiger partial charge in [0.05, 0.1) is 19.5 Å². The van der Waals surface area contributed by atoms with Crippen molar-refractivity contribution in [2.45, 2.75) is 38.8 Å². The van der Waals surface area contributed by atoms with Gasteiger partial charge in [-0.1, -0.05) is 20.3 Å². The van der Waals surface area contributed by atoms with Gasteiger partial charge in [0, 0.05) is 0 Å². The molecule has 0 aliphatic heterocycles. The van der Waals surface area contributed by atoms with E-state index in [1.165, 1.54) is 0 Å². The normalized spacial score (nSPS) is 13.9. The molecule has 3 unspecified atom stereocenters. The summed E-state index contributed by atoms with van der Waals surface area (Å²) in [5.41, 5.74) is 5.20. The van der Waals surface area contributed by atoms with Crippen molar-refractivity contribution in [1.82, 2.24) is 16.0 Å². The van der Waals surface area contributed by atoms with Gasteiger partial charge in [0.1, 0.15) is 12.1 Å². The molecular weight excluding hydrogens is 336 g/mol. The molecule has 25 heavy (non-hydrogen) atoms. The molecule has 0 saturated carbocycles. The first-order chi connectivity index (χ1) is 11.6. The Kier molecular flexibility index (Phi) is 9.79. The van der Waals surface area contributed by atoms with Crippen LogP contribution in [0.5, 0.6) is 0 Å². The average Bonchev–Trinajstić information content (AvgIpc) is 2.55. The van der Waals surface area contributed by atoms with Gasteiger partial charge in [0.25, 0.3) is 0 Å². The van der Waals surface area contributed by atoms with E-state index in [0.717, 1.165) is 0 Å². The number of aliphatic carboxylic acids is 2. The maximum absolute atomic E-state index is 12.1. The van der Waals surface area contributed by atoms with Gasteiger partial charge in [-0.3, -0.25) is 19.2 Å². The van der Waals surface area contributed by atoms with Gasteiger partial charge in [-0.2, -0.15) is 0 Å². The number of nitrogens with one attached hydrogen (secondary N) is 3. The molecule has 0 aromatic carbocycles. The van der Waals surface area contributed by atoms with E-state index in [9.17, 15) is 24.0 Å². The number of rotatable bonds is 11. The molecule has 0 aliphatic carbocycles. The van der Waals surface area contributed by atoms with Gasteiger partial charge in [-0.05, 0) is 5.92 Å². The number of amides is 3. The lowest BCUT2D eigenvalue weighted by Gasteiger charge is -2.23. The fourth-order valence-electron chi connectivity index (χ4n) is 1.83. The van der Waals surface area contributed by atoms with Crippen LogP contribution in [0, 0.1) is 5.92 Å². The molecule has 0 aromatic rings. The van der Waals surface area contributed by atoms with Gasteiger partial charge in [-0.15, -0.1) is 0 Å². The molecule has 3 atom stereocenters. The van der Waals surface area contributed by atoms with Gasteiger partial charge in [0.15, 0.2) is 0 Å². The fourth-order valence-corrected chi connectivity index (χ4v) is 1.83. The van der Waals surface area contributed by atoms with Crippen molar-refractivity contribution in [3.8, 4) is 0 Å². The Hall–Kier alpha value is -2.69. The second-order valence-corrected chi connectivity index (χ2v) is 5.41. The molecule has 0 spiro atoms. The molecule has 11 heteroatoms. The van der Waals surface area contributed by atoms with E-state index in [2.05, 4.69) is 10.6 Å². The van der Waals surface area contributed by atoms with Crippen LogP contribution >= 0.6 is 0 Å². The van der Waals surface area contributed by atoms with Crippen molar-refractivity contribution in [2.24, 2.45) is 11.7 Å². The van der Waals surface area contributed by atoms with E-state index in [-0.39, 0.29) is 12.5 Å². The molecule has 0 aromatic heterocycles. The van der Waals surface area contributed by atoms with Crippen molar-refractivity contribution < 1.29 is 34.2 Å². The number of carbonyl (C=O) groups excluding carboxylic acids is 3. The van der Waals surface area contributed by atoms with Gasteiger partial charge < -0.3 is 31.9 Å². The Balaban J connectivity index is 4.70. The SMILES string of the molecule is CCC(C)C(NC(=O)CN)C(=O)NCC(=O)NC(CC(=O)O)C(=O)O. The minimum atomic E-state index is -1.61. The number of carbonyl (C=O) groups is 5. The predicted octanol–water partition coefficient (Wildman–Crippen LogP) is -2.36. The summed E-state index contributed by atoms with van der Waals surface area (Å²) in [6.07, 6.45) is -0.216. The molecule has 3 amide bonds. The highest BCUT2D eigenvalue weighted by molar-refractivity contribution is 5.92. The lowest BCUT2D eigenvalue weighted by molar-refractivity contribution is -0.147. The number of nitrogens with two attached hydrogens (primary N) is 1. The van der Waals surface area contributed by atoms with Crippen LogP contribution in [0.25, 0.3) is 0 Å². The zero-order valence-corrected chi connectivity index (χ0v) is 14.1. The highest BCUT2D eigenvalue weighted by atomic mass is 16.4. The molecule has 0 bridgehead atoms. The first kappa shape index (κ1) is 22.3. The summed E-state index contributed by atoms with van der Waals surface area (Å²) in [4.78, 5) is 56.7. The van der Waals surface area contributed by atoms with Crippen LogP contribution in [0.15, 0.2) is 0 Å². The average molecular weight is 360 g/mol. The Bertz CT molecular complexity index is 523. The van der Waals surface area contributed by atoms with E-state index in [1.807, 2.05) is 12.2 Å². The van der Waals surface area contributed by atoms with Gasteiger partial charge in [-0.25, -0.2) is 4.79 Å². The highest BCUT2D eigenvalue weighted by Gasteiger charge is 2.27. The van der Waals surface area contributed by atoms with Crippen molar-refractivity contribution >= 4 is 29.7 Å². The third-order valence-electron chi connectivity index (χ3n) is 3.43. The van der Waals surface area contributed by atoms with Crippen LogP contribution in [-0.2, 0) is 24.0 Å². The van der Waals surface area contributed by atoms with Crippen LogP contribution in [0.1, 0.15) is 26.7 Å². The maximum atomic E-state index is 12.1. The standard InChI is InChI=1S/C14H24N4O7/c1-3-7(2)12(18-9(19)5-15)13(23)16-6-10(20)17-8(14(24)25)4-11(21)22/h7-8,12H,3-6,15H2,1-2H3,(H,16,23)(H,17,20)(H,18,19)(H,21,22)(H,24,25). The minimum absolute atomic E-state index is 0.225. The Morgan fingerprint density at radius 1 is 1.04 bits per heavy atom. The Morgan fingerprint density at radius 3 is 2.08 bits per heavy atom. The molecular formula is C14H24N4O7. The third-order valence-corrected chi connectivity index (χ3v) is 3.43. The Labute approximate surface area is 144 Å². The molecule has 11 nitrogen and oxygen atoms in total. The number of hydrogen-bond acceptors (Lipinski definition) is 6. The summed E-state index contributed by atoms with van der Waals surface area (Å²) in [7, 11) is 0. The van der Waals surface area contributed by atoms with E-state index in [1.54, 1.807) is 6.92 Å². The van der Waals surface area contributed by atoms with Crippen LogP contribution in [-0.4, -0.2) is 65.0 Å². The third kappa shape index (κ3) is 8.65. The van der Waals surface area contributed by atoms with Gasteiger partial charge in [0.2, 0.25) is 17.7 Å². The second-order valence-electron chi connectivity index (χ2n) is 5.41. The van der Waals surface area contributed by atoms with E-state index in [0.29, 0.717) is 6.42 Å². The van der Waals surface area contributed by atoms with E-state index in [4.69, 9.17) is 15.9 Å². The maximum Gasteiger partial charge on any atom is 0.326 e. The summed E-state index contributed by atoms with van der Waals surface area (Å²) in [6, 6.07) is -2.51. The fraction of sp³-hybridized carbons (Fsp3) is 0.643. The number of carboxylic acid groups (broad SMARTS) is 2. The van der Waals surface area contributed by atoms with Crippen molar-refractivity contribution in [2.75, 3.05) is 13.1 Å². The zero-order valence-electron chi connectivity index (χ0n) is 14.1. The predicted molar refractivity (Wildman–Crippen MR) is 85.3 cm³/mol. The first-order valence-electron chi connectivity index (χ1n) is 7.63. The largest absolute Gasteiger partial charge is 0.481 e. The van der Waals surface area contributed by atoms with Crippen LogP contribution in [0.2, 0.25) is 0 Å². The zero-order chi connectivity index (χ0) is 19.6. The van der Waals surface area contributed by atoms with Crippen LogP contribution in [0.3, 0.4) is 0 Å². The second kappa shape index (κ2) is 11.0. The molecule has 0 fully saturated rings. The lowest BCUT2D eigenvalue weighted by Crippen LogP contribution is -2.54. The highest BCUT2D eigenvalue weighted by Crippen LogP contribution is 2.07. The van der Waals surface area contributed by atoms with Crippen molar-refractivity contribution in [3.05, 3.63) is 0 Å². The molecule has 7 N–H and O–H groups in total. The van der Waals surface area contributed by atoms with Crippen molar-refractivity contribution in [3.63, 3.8) is 0 Å². The van der Waals surface area contributed by atoms with Crippen LogP contribution < -0.4 is 21.7 Å². The molecule has 0 saturated heterocycles. The molecule has 0 aliphatic rings. The minimum Gasteiger partial charge on any atom is -0.481 e. The topological polar surface area (TPSA) is 188 Å². The first-order valence-corrected chi connectivity index (χ1v) is 7.63. The molecule has 0 heterocycles. The monoisotopic (exact) mass is 360 g/mol. The molecule has 0 rings (SSSR count). The summed E-state index contributed by atoms with van der Waals surface area (Å²) < 4.78 is 0. The molecule has 0 radical (unpaired) electrons. The van der Waals surface area contributed by atoms with Gasteiger partial charge >= 0.3 is 11.9 Å². The summed E-state index contributed by atoms with van der Waals surface area (Å²) in [5, 5.41) is 24.2. The summed E-state index contributed by atoms with van der Waals surface area (Å²) >= 11 is 0. The van der Waals surface area contributed by atoms with E-state index >= 15 is 0 Å². The summed E-state index contributed by atoms with van der Waals surface area (Å²) in [6.45, 7) is 2.69. The van der Waals surface area contributed by atoms with Crippen LogP contribution in [0.4, 0.5) is 0 Å².